The number of nitrogens with one attached hydrogen (secondary N) is 1. The molecule has 1 unspecified atom stereocenters. The summed E-state index contributed by atoms with van der Waals surface area (Å²) in [4.78, 5) is 0. The van der Waals surface area contributed by atoms with Crippen molar-refractivity contribution in [3.8, 4) is 0 Å². The number of benzene rings is 1. The Labute approximate surface area is 120 Å². The minimum Gasteiger partial charge on any atom is -0.389 e. The molecule has 0 bridgehead atoms. The molecule has 0 aliphatic rings. The third-order valence-electron chi connectivity index (χ3n) is 2.20. The first-order valence-electron chi connectivity index (χ1n) is 5.57. The summed E-state index contributed by atoms with van der Waals surface area (Å²) in [7, 11) is 1.61. The number of hydrogen-bond acceptors (Lipinski definition) is 4. The lowest BCUT2D eigenvalue weighted by molar-refractivity contribution is 0.0182. The molecule has 0 heterocycles. The lowest BCUT2D eigenvalue weighted by Gasteiger charge is -2.14. The van der Waals surface area contributed by atoms with Gasteiger partial charge in [0.15, 0.2) is 0 Å². The van der Waals surface area contributed by atoms with Gasteiger partial charge in [0.1, 0.15) is 0 Å². The Kier molecular flexibility index (Phi) is 7.62. The second-order valence-corrected chi connectivity index (χ2v) is 5.02. The average molecular weight is 339 g/mol. The molecule has 4 nitrogen and oxygen atoms in total. The van der Waals surface area contributed by atoms with Gasteiger partial charge < -0.3 is 19.9 Å². The maximum Gasteiger partial charge on any atom is 0.0945 e. The summed E-state index contributed by atoms with van der Waals surface area (Å²) in [5, 5.41) is 13.5. The van der Waals surface area contributed by atoms with E-state index in [1.165, 1.54) is 0 Å². The minimum absolute atomic E-state index is 0.279. The zero-order chi connectivity index (χ0) is 13.4. The van der Waals surface area contributed by atoms with Crippen molar-refractivity contribution in [2.45, 2.75) is 6.10 Å². The van der Waals surface area contributed by atoms with Gasteiger partial charge in [-0.3, -0.25) is 0 Å². The number of halogens is 2. The first-order chi connectivity index (χ1) is 8.63. The first kappa shape index (κ1) is 15.7. The van der Waals surface area contributed by atoms with Crippen LogP contribution in [-0.4, -0.2) is 44.7 Å². The Hall–Kier alpha value is -0.330. The monoisotopic (exact) mass is 337 g/mol. The van der Waals surface area contributed by atoms with E-state index >= 15 is 0 Å². The van der Waals surface area contributed by atoms with Gasteiger partial charge >= 0.3 is 0 Å². The Morgan fingerprint density at radius 2 is 2.22 bits per heavy atom. The van der Waals surface area contributed by atoms with Crippen molar-refractivity contribution < 1.29 is 14.6 Å². The van der Waals surface area contributed by atoms with Gasteiger partial charge in [0.25, 0.3) is 0 Å². The van der Waals surface area contributed by atoms with E-state index in [0.29, 0.717) is 24.8 Å². The third kappa shape index (κ3) is 6.02. The fourth-order valence-corrected chi connectivity index (χ4v) is 2.10. The van der Waals surface area contributed by atoms with Crippen molar-refractivity contribution in [2.75, 3.05) is 38.8 Å². The molecule has 18 heavy (non-hydrogen) atoms. The van der Waals surface area contributed by atoms with Crippen LogP contribution in [0.3, 0.4) is 0 Å². The third-order valence-corrected chi connectivity index (χ3v) is 3.09. The lowest BCUT2D eigenvalue weighted by Crippen LogP contribution is -2.25. The smallest absolute Gasteiger partial charge is 0.0945 e. The van der Waals surface area contributed by atoms with Crippen LogP contribution in [0, 0.1) is 0 Å². The van der Waals surface area contributed by atoms with Crippen molar-refractivity contribution in [3.05, 3.63) is 27.7 Å². The molecule has 0 amide bonds. The zero-order valence-electron chi connectivity index (χ0n) is 10.2. The van der Waals surface area contributed by atoms with Crippen molar-refractivity contribution >= 4 is 33.2 Å². The summed E-state index contributed by atoms with van der Waals surface area (Å²) >= 11 is 9.23. The van der Waals surface area contributed by atoms with E-state index < -0.39 is 6.10 Å². The lowest BCUT2D eigenvalue weighted by atomic mass is 10.3. The Morgan fingerprint density at radius 3 is 2.89 bits per heavy atom. The number of rotatable bonds is 8. The molecule has 0 aromatic heterocycles. The topological polar surface area (TPSA) is 50.7 Å². The molecule has 0 fully saturated rings. The van der Waals surface area contributed by atoms with Crippen molar-refractivity contribution in [3.63, 3.8) is 0 Å². The highest BCUT2D eigenvalue weighted by molar-refractivity contribution is 9.10. The summed E-state index contributed by atoms with van der Waals surface area (Å²) in [6.07, 6.45) is -0.565. The number of aliphatic hydroxyl groups excluding tert-OH is 1. The van der Waals surface area contributed by atoms with Gasteiger partial charge in [-0.15, -0.1) is 0 Å². The van der Waals surface area contributed by atoms with Gasteiger partial charge in [-0.25, -0.2) is 0 Å². The molecule has 1 atom stereocenters. The quantitative estimate of drug-likeness (QED) is 0.715. The van der Waals surface area contributed by atoms with Crippen LogP contribution >= 0.6 is 27.5 Å². The van der Waals surface area contributed by atoms with E-state index in [9.17, 15) is 5.11 Å². The second-order valence-electron chi connectivity index (χ2n) is 3.73. The first-order valence-corrected chi connectivity index (χ1v) is 6.74. The Morgan fingerprint density at radius 1 is 1.44 bits per heavy atom. The zero-order valence-corrected chi connectivity index (χ0v) is 12.5. The van der Waals surface area contributed by atoms with Crippen LogP contribution in [-0.2, 0) is 9.47 Å². The van der Waals surface area contributed by atoms with Crippen LogP contribution in [0.25, 0.3) is 0 Å². The van der Waals surface area contributed by atoms with E-state index in [4.69, 9.17) is 21.1 Å². The molecule has 102 valence electrons. The van der Waals surface area contributed by atoms with Crippen LogP contribution in [0.1, 0.15) is 0 Å². The molecule has 0 aliphatic carbocycles. The standard InChI is InChI=1S/C12H17BrClNO3/c1-17-4-5-18-8-10(16)7-15-12-3-2-9(14)6-11(12)13/h2-3,6,10,15-16H,4-5,7-8H2,1H3. The molecule has 1 aromatic carbocycles. The van der Waals surface area contributed by atoms with Crippen molar-refractivity contribution in [1.82, 2.24) is 0 Å². The SMILES string of the molecule is COCCOCC(O)CNc1ccc(Cl)cc1Br. The van der Waals surface area contributed by atoms with Crippen LogP contribution in [0.2, 0.25) is 5.02 Å². The van der Waals surface area contributed by atoms with Crippen LogP contribution in [0.15, 0.2) is 22.7 Å². The fourth-order valence-electron chi connectivity index (χ4n) is 1.28. The van der Waals surface area contributed by atoms with E-state index in [-0.39, 0.29) is 6.61 Å². The van der Waals surface area contributed by atoms with Gasteiger partial charge in [0, 0.05) is 28.8 Å². The molecule has 6 heteroatoms. The minimum atomic E-state index is -0.565. The highest BCUT2D eigenvalue weighted by Crippen LogP contribution is 2.25. The van der Waals surface area contributed by atoms with Crippen LogP contribution in [0.4, 0.5) is 5.69 Å². The second kappa shape index (κ2) is 8.72. The van der Waals surface area contributed by atoms with E-state index in [0.717, 1.165) is 10.2 Å². The fraction of sp³-hybridized carbons (Fsp3) is 0.500. The number of hydrogen-bond donors (Lipinski definition) is 2. The summed E-state index contributed by atoms with van der Waals surface area (Å²) in [6, 6.07) is 5.44. The number of anilines is 1. The molecule has 0 radical (unpaired) electrons. The van der Waals surface area contributed by atoms with Gasteiger partial charge in [-0.2, -0.15) is 0 Å². The molecule has 0 saturated carbocycles. The van der Waals surface area contributed by atoms with E-state index in [1.807, 2.05) is 6.07 Å². The van der Waals surface area contributed by atoms with Gasteiger partial charge in [-0.1, -0.05) is 11.6 Å². The largest absolute Gasteiger partial charge is 0.389 e. The Balaban J connectivity index is 2.27. The molecule has 1 rings (SSSR count). The molecule has 2 N–H and O–H groups in total. The van der Waals surface area contributed by atoms with E-state index in [2.05, 4.69) is 21.2 Å². The normalized spacial score (nSPS) is 12.4. The van der Waals surface area contributed by atoms with Gasteiger partial charge in [0.2, 0.25) is 0 Å². The van der Waals surface area contributed by atoms with Crippen LogP contribution < -0.4 is 5.32 Å². The summed E-state index contributed by atoms with van der Waals surface area (Å²) in [6.45, 7) is 1.70. The van der Waals surface area contributed by atoms with E-state index in [1.54, 1.807) is 19.2 Å². The molecule has 0 saturated heterocycles. The maximum absolute atomic E-state index is 9.69. The predicted molar refractivity (Wildman–Crippen MR) is 76.3 cm³/mol. The molecular weight excluding hydrogens is 321 g/mol. The summed E-state index contributed by atoms with van der Waals surface area (Å²) in [5.41, 5.74) is 0.885. The highest BCUT2D eigenvalue weighted by atomic mass is 79.9. The van der Waals surface area contributed by atoms with Crippen LogP contribution in [0.5, 0.6) is 0 Å². The summed E-state index contributed by atoms with van der Waals surface area (Å²) in [5.74, 6) is 0. The molecule has 0 spiro atoms. The van der Waals surface area contributed by atoms with Gasteiger partial charge in [-0.05, 0) is 34.1 Å². The van der Waals surface area contributed by atoms with Crippen molar-refractivity contribution in [1.29, 1.82) is 0 Å². The molecule has 0 aliphatic heterocycles. The molecular formula is C12H17BrClNO3. The van der Waals surface area contributed by atoms with Gasteiger partial charge in [0.05, 0.1) is 25.9 Å². The maximum atomic E-state index is 9.69. The Bertz CT molecular complexity index is 365. The number of ether oxygens (including phenoxy) is 2. The summed E-state index contributed by atoms with van der Waals surface area (Å²) < 4.78 is 10.9. The predicted octanol–water partition coefficient (Wildman–Crippen LogP) is 2.54. The highest BCUT2D eigenvalue weighted by Gasteiger charge is 2.06. The van der Waals surface area contributed by atoms with Crippen molar-refractivity contribution in [2.24, 2.45) is 0 Å². The molecule has 1 aromatic rings. The average Bonchev–Trinajstić information content (AvgIpc) is 2.33. The number of aliphatic hydroxyl groups is 1. The number of methoxy groups -OCH3 is 1.